The molecule has 0 heterocycles. The largest absolute Gasteiger partial charge is 0.497 e. The summed E-state index contributed by atoms with van der Waals surface area (Å²) < 4.78 is 39.4. The molecule has 2 rings (SSSR count). The van der Waals surface area contributed by atoms with Crippen molar-refractivity contribution in [3.05, 3.63) is 53.6 Å². The molecule has 0 aliphatic rings. The van der Waals surface area contributed by atoms with Crippen LogP contribution in [0.4, 0.5) is 0 Å². The molecule has 0 radical (unpaired) electrons. The summed E-state index contributed by atoms with van der Waals surface area (Å²) in [6.07, 6.45) is 0.769. The molecule has 1 atom stereocenters. The Bertz CT molecular complexity index is 956. The van der Waals surface area contributed by atoms with Gasteiger partial charge in [0.1, 0.15) is 5.75 Å². The van der Waals surface area contributed by atoms with Gasteiger partial charge in [0.25, 0.3) is 5.91 Å². The van der Waals surface area contributed by atoms with Crippen molar-refractivity contribution in [1.29, 1.82) is 0 Å². The Labute approximate surface area is 178 Å². The maximum atomic E-state index is 13.2. The van der Waals surface area contributed by atoms with E-state index >= 15 is 0 Å². The predicted octanol–water partition coefficient (Wildman–Crippen LogP) is 3.87. The van der Waals surface area contributed by atoms with Crippen molar-refractivity contribution in [3.63, 3.8) is 0 Å². The van der Waals surface area contributed by atoms with Gasteiger partial charge in [0.05, 0.1) is 20.0 Å². The van der Waals surface area contributed by atoms with E-state index in [2.05, 4.69) is 0 Å². The van der Waals surface area contributed by atoms with Crippen LogP contribution in [0.5, 0.6) is 17.2 Å². The van der Waals surface area contributed by atoms with E-state index in [-0.39, 0.29) is 23.5 Å². The molecule has 30 heavy (non-hydrogen) atoms. The summed E-state index contributed by atoms with van der Waals surface area (Å²) in [6, 6.07) is 12.0. The number of methoxy groups -OCH3 is 2. The molecule has 0 aliphatic carbocycles. The number of rotatable bonds is 10. The summed E-state index contributed by atoms with van der Waals surface area (Å²) in [6.45, 7) is 5.79. The maximum Gasteiger partial charge on any atom is 0.309 e. The number of hydrogen-bond acceptors (Lipinski definition) is 6. The minimum absolute atomic E-state index is 0.0227. The molecule has 2 aromatic carbocycles. The van der Waals surface area contributed by atoms with E-state index < -0.39 is 10.1 Å². The summed E-state index contributed by atoms with van der Waals surface area (Å²) in [5.41, 5.74) is 1.29. The smallest absolute Gasteiger partial charge is 0.309 e. The van der Waals surface area contributed by atoms with Gasteiger partial charge < -0.3 is 18.6 Å². The molecule has 7 nitrogen and oxygen atoms in total. The molecule has 8 heteroatoms. The first-order chi connectivity index (χ1) is 14.2. The summed E-state index contributed by atoms with van der Waals surface area (Å²) in [4.78, 5) is 14.9. The van der Waals surface area contributed by atoms with Crippen molar-refractivity contribution in [2.75, 3.05) is 20.0 Å². The van der Waals surface area contributed by atoms with Crippen LogP contribution < -0.4 is 13.7 Å². The van der Waals surface area contributed by atoms with Crippen LogP contribution in [-0.2, 0) is 16.7 Å². The molecule has 0 spiro atoms. The third-order valence-corrected chi connectivity index (χ3v) is 6.01. The molecule has 164 valence electrons. The van der Waals surface area contributed by atoms with Crippen molar-refractivity contribution in [1.82, 2.24) is 4.90 Å². The minimum Gasteiger partial charge on any atom is -0.497 e. The quantitative estimate of drug-likeness (QED) is 0.527. The molecule has 1 amide bonds. The first-order valence-corrected chi connectivity index (χ1v) is 11.4. The highest BCUT2D eigenvalue weighted by Crippen LogP contribution is 2.30. The van der Waals surface area contributed by atoms with E-state index in [1.54, 1.807) is 54.5 Å². The van der Waals surface area contributed by atoms with Gasteiger partial charge in [-0.25, -0.2) is 0 Å². The summed E-state index contributed by atoms with van der Waals surface area (Å²) in [5.74, 6) is 0.822. The number of carbonyl (C=O) groups excluding carboxylic acids is 1. The molecule has 0 aliphatic heterocycles. The molecule has 2 aromatic rings. The van der Waals surface area contributed by atoms with Gasteiger partial charge in [-0.2, -0.15) is 8.42 Å². The number of carbonyl (C=O) groups is 1. The minimum atomic E-state index is -3.71. The number of hydrogen-bond donors (Lipinski definition) is 0. The topological polar surface area (TPSA) is 82.1 Å². The third kappa shape index (κ3) is 5.89. The van der Waals surface area contributed by atoms with Crippen molar-refractivity contribution in [2.24, 2.45) is 0 Å². The first-order valence-electron chi connectivity index (χ1n) is 9.78. The van der Waals surface area contributed by atoms with Crippen LogP contribution in [0.25, 0.3) is 0 Å². The summed E-state index contributed by atoms with van der Waals surface area (Å²) in [7, 11) is -0.692. The van der Waals surface area contributed by atoms with E-state index in [4.69, 9.17) is 13.7 Å². The number of benzene rings is 2. The van der Waals surface area contributed by atoms with Crippen molar-refractivity contribution >= 4 is 16.0 Å². The average molecular weight is 436 g/mol. The van der Waals surface area contributed by atoms with Gasteiger partial charge in [-0.3, -0.25) is 4.79 Å². The van der Waals surface area contributed by atoms with Gasteiger partial charge >= 0.3 is 10.1 Å². The second-order valence-electron chi connectivity index (χ2n) is 6.83. The van der Waals surface area contributed by atoms with Crippen molar-refractivity contribution in [3.8, 4) is 17.2 Å². The molecule has 0 saturated carbocycles. The second kappa shape index (κ2) is 10.3. The van der Waals surface area contributed by atoms with Crippen LogP contribution >= 0.6 is 0 Å². The average Bonchev–Trinajstić information content (AvgIpc) is 2.76. The fourth-order valence-electron chi connectivity index (χ4n) is 2.82. The van der Waals surface area contributed by atoms with E-state index in [0.29, 0.717) is 23.6 Å². The van der Waals surface area contributed by atoms with Crippen LogP contribution in [0.1, 0.15) is 43.1 Å². The second-order valence-corrected chi connectivity index (χ2v) is 8.69. The summed E-state index contributed by atoms with van der Waals surface area (Å²) >= 11 is 0. The molecule has 0 bridgehead atoms. The zero-order valence-corrected chi connectivity index (χ0v) is 18.9. The molecule has 0 N–H and O–H groups in total. The highest BCUT2D eigenvalue weighted by molar-refractivity contribution is 7.87. The number of ether oxygens (including phenoxy) is 2. The van der Waals surface area contributed by atoms with Gasteiger partial charge in [0.2, 0.25) is 0 Å². The Morgan fingerprint density at radius 3 is 2.20 bits per heavy atom. The molecule has 0 saturated heterocycles. The van der Waals surface area contributed by atoms with Crippen LogP contribution in [0, 0.1) is 0 Å². The van der Waals surface area contributed by atoms with Gasteiger partial charge in [0, 0.05) is 18.2 Å². The molecular formula is C22H29NO6S. The standard InChI is InChI=1S/C22H29NO6S/c1-6-16(3)23(22(24)18-9-11-19(27-4)12-10-18)15-17-8-13-20(28-5)21(14-17)29-30(25,26)7-2/h8-14,16H,6-7,15H2,1-5H3. The third-order valence-electron chi connectivity index (χ3n) is 4.87. The highest BCUT2D eigenvalue weighted by Gasteiger charge is 2.22. The van der Waals surface area contributed by atoms with Gasteiger partial charge in [-0.15, -0.1) is 0 Å². The van der Waals surface area contributed by atoms with Crippen LogP contribution in [-0.4, -0.2) is 45.2 Å². The SMILES string of the molecule is CCC(C)N(Cc1ccc(OC)c(OS(=O)(=O)CC)c1)C(=O)c1ccc(OC)cc1. The maximum absolute atomic E-state index is 13.2. The van der Waals surface area contributed by atoms with E-state index in [0.717, 1.165) is 12.0 Å². The summed E-state index contributed by atoms with van der Waals surface area (Å²) in [5, 5.41) is 0. The fourth-order valence-corrected chi connectivity index (χ4v) is 3.35. The molecular weight excluding hydrogens is 406 g/mol. The van der Waals surface area contributed by atoms with Crippen LogP contribution in [0.3, 0.4) is 0 Å². The van der Waals surface area contributed by atoms with Gasteiger partial charge in [-0.05, 0) is 62.2 Å². The number of amides is 1. The zero-order valence-electron chi connectivity index (χ0n) is 18.0. The van der Waals surface area contributed by atoms with E-state index in [1.165, 1.54) is 14.0 Å². The lowest BCUT2D eigenvalue weighted by atomic mass is 10.1. The van der Waals surface area contributed by atoms with Gasteiger partial charge in [0.15, 0.2) is 11.5 Å². The first kappa shape index (κ1) is 23.5. The lowest BCUT2D eigenvalue weighted by Crippen LogP contribution is -2.37. The Morgan fingerprint density at radius 2 is 1.67 bits per heavy atom. The monoisotopic (exact) mass is 435 g/mol. The number of nitrogens with zero attached hydrogens (tertiary/aromatic N) is 1. The van der Waals surface area contributed by atoms with Crippen LogP contribution in [0.2, 0.25) is 0 Å². The zero-order chi connectivity index (χ0) is 22.3. The van der Waals surface area contributed by atoms with E-state index in [9.17, 15) is 13.2 Å². The van der Waals surface area contributed by atoms with Gasteiger partial charge in [-0.1, -0.05) is 13.0 Å². The Hall–Kier alpha value is -2.74. The predicted molar refractivity (Wildman–Crippen MR) is 116 cm³/mol. The molecule has 0 aromatic heterocycles. The molecule has 0 fully saturated rings. The lowest BCUT2D eigenvalue weighted by molar-refractivity contribution is 0.0671. The van der Waals surface area contributed by atoms with Crippen molar-refractivity contribution < 1.29 is 26.9 Å². The Balaban J connectivity index is 2.34. The highest BCUT2D eigenvalue weighted by atomic mass is 32.2. The lowest BCUT2D eigenvalue weighted by Gasteiger charge is -2.29. The fraction of sp³-hybridized carbons (Fsp3) is 0.409. The van der Waals surface area contributed by atoms with E-state index in [1.807, 2.05) is 13.8 Å². The Kier molecular flexibility index (Phi) is 8.11. The normalized spacial score (nSPS) is 12.2. The van der Waals surface area contributed by atoms with Crippen LogP contribution in [0.15, 0.2) is 42.5 Å². The molecule has 1 unspecified atom stereocenters. The Morgan fingerprint density at radius 1 is 1.00 bits per heavy atom. The van der Waals surface area contributed by atoms with Crippen molar-refractivity contribution in [2.45, 2.75) is 39.8 Å².